The number of methoxy groups -OCH3 is 1. The number of hydrogen-bond donors (Lipinski definition) is 1. The van der Waals surface area contributed by atoms with E-state index in [1.54, 1.807) is 13.3 Å². The van der Waals surface area contributed by atoms with Crippen LogP contribution >= 0.6 is 22.9 Å². The molecular weight excluding hydrogens is 396 g/mol. The molecule has 0 atom stereocenters. The van der Waals surface area contributed by atoms with Crippen LogP contribution in [0.2, 0.25) is 5.02 Å². The van der Waals surface area contributed by atoms with Gasteiger partial charge in [0.1, 0.15) is 5.58 Å². The fourth-order valence-corrected chi connectivity index (χ4v) is 3.94. The van der Waals surface area contributed by atoms with Crippen molar-refractivity contribution in [1.82, 2.24) is 4.98 Å². The van der Waals surface area contributed by atoms with Crippen molar-refractivity contribution in [3.05, 3.63) is 81.5 Å². The minimum Gasteiger partial charge on any atom is -0.451 e. The van der Waals surface area contributed by atoms with Gasteiger partial charge in [0.2, 0.25) is 0 Å². The number of ether oxygens (including phenoxy) is 1. The average Bonchev–Trinajstić information content (AvgIpc) is 3.29. The van der Waals surface area contributed by atoms with Gasteiger partial charge in [0, 0.05) is 40.6 Å². The molecule has 0 saturated carbocycles. The minimum absolute atomic E-state index is 0.248. The monoisotopic (exact) mass is 412 g/mol. The van der Waals surface area contributed by atoms with Crippen molar-refractivity contribution >= 4 is 44.9 Å². The summed E-state index contributed by atoms with van der Waals surface area (Å²) in [5, 5.41) is 4.94. The molecule has 5 nitrogen and oxygen atoms in total. The molecule has 7 heteroatoms. The fourth-order valence-electron chi connectivity index (χ4n) is 2.97. The lowest BCUT2D eigenvalue weighted by Gasteiger charge is -2.02. The van der Waals surface area contributed by atoms with Crippen LogP contribution in [0.25, 0.3) is 11.0 Å². The van der Waals surface area contributed by atoms with Crippen LogP contribution in [-0.4, -0.2) is 18.0 Å². The number of thiazole rings is 1. The molecule has 28 heavy (non-hydrogen) atoms. The molecule has 0 aliphatic carbocycles. The van der Waals surface area contributed by atoms with E-state index in [1.807, 2.05) is 48.5 Å². The molecule has 0 aliphatic rings. The fraction of sp³-hybridized carbons (Fsp3) is 0.143. The molecule has 1 amide bonds. The predicted octanol–water partition coefficient (Wildman–Crippen LogP) is 5.53. The summed E-state index contributed by atoms with van der Waals surface area (Å²) in [6, 6.07) is 15.2. The number of para-hydroxylation sites is 1. The summed E-state index contributed by atoms with van der Waals surface area (Å²) in [4.78, 5) is 18.1. The number of nitrogens with zero attached hydrogens (tertiary/aromatic N) is 1. The van der Waals surface area contributed by atoms with Crippen molar-refractivity contribution in [3.63, 3.8) is 0 Å². The van der Waals surface area contributed by atoms with E-state index in [1.165, 1.54) is 11.3 Å². The molecule has 4 aromatic rings. The van der Waals surface area contributed by atoms with Crippen LogP contribution in [-0.2, 0) is 17.8 Å². The summed E-state index contributed by atoms with van der Waals surface area (Å²) >= 11 is 7.36. The van der Waals surface area contributed by atoms with E-state index >= 15 is 0 Å². The van der Waals surface area contributed by atoms with Gasteiger partial charge in [-0.05, 0) is 23.8 Å². The summed E-state index contributed by atoms with van der Waals surface area (Å²) in [5.74, 6) is -0.0897. The first-order valence-corrected chi connectivity index (χ1v) is 9.83. The van der Waals surface area contributed by atoms with E-state index in [0.29, 0.717) is 22.3 Å². The Morgan fingerprint density at radius 1 is 1.21 bits per heavy atom. The SMILES string of the molecule is COCc1c(C(=O)Nc2ncc(Cc3ccc(Cl)cc3)s2)oc2ccccc12. The number of aromatic nitrogens is 1. The van der Waals surface area contributed by atoms with E-state index in [4.69, 9.17) is 20.8 Å². The van der Waals surface area contributed by atoms with Crippen molar-refractivity contribution < 1.29 is 13.9 Å². The van der Waals surface area contributed by atoms with Crippen molar-refractivity contribution in [3.8, 4) is 0 Å². The molecular formula is C21H17ClN2O3S. The Labute approximate surface area is 170 Å². The van der Waals surface area contributed by atoms with E-state index in [2.05, 4.69) is 10.3 Å². The third kappa shape index (κ3) is 3.94. The summed E-state index contributed by atoms with van der Waals surface area (Å²) in [6.07, 6.45) is 2.49. The Morgan fingerprint density at radius 2 is 2.00 bits per heavy atom. The smallest absolute Gasteiger partial charge is 0.293 e. The first-order chi connectivity index (χ1) is 13.6. The van der Waals surface area contributed by atoms with Crippen LogP contribution in [0.5, 0.6) is 0 Å². The average molecular weight is 413 g/mol. The summed E-state index contributed by atoms with van der Waals surface area (Å²) in [7, 11) is 1.59. The molecule has 0 radical (unpaired) electrons. The summed E-state index contributed by atoms with van der Waals surface area (Å²) in [5.41, 5.74) is 2.52. The third-order valence-corrected chi connectivity index (χ3v) is 5.42. The van der Waals surface area contributed by atoms with Crippen LogP contribution < -0.4 is 5.32 Å². The van der Waals surface area contributed by atoms with Crippen LogP contribution in [0.1, 0.15) is 26.6 Å². The molecule has 2 heterocycles. The Bertz CT molecular complexity index is 1120. The Hall–Kier alpha value is -2.67. The van der Waals surface area contributed by atoms with E-state index < -0.39 is 0 Å². The first-order valence-electron chi connectivity index (χ1n) is 8.64. The molecule has 2 aromatic carbocycles. The van der Waals surface area contributed by atoms with Crippen LogP contribution in [0, 0.1) is 0 Å². The maximum atomic E-state index is 12.8. The second kappa shape index (κ2) is 8.14. The second-order valence-corrected chi connectivity index (χ2v) is 7.78. The molecule has 4 rings (SSSR count). The minimum atomic E-state index is -0.337. The number of hydrogen-bond acceptors (Lipinski definition) is 5. The van der Waals surface area contributed by atoms with Gasteiger partial charge in [-0.1, -0.05) is 41.9 Å². The number of benzene rings is 2. The van der Waals surface area contributed by atoms with Crippen molar-refractivity contribution in [2.45, 2.75) is 13.0 Å². The van der Waals surface area contributed by atoms with Gasteiger partial charge in [-0.15, -0.1) is 11.3 Å². The lowest BCUT2D eigenvalue weighted by Crippen LogP contribution is -2.13. The van der Waals surface area contributed by atoms with Gasteiger partial charge < -0.3 is 9.15 Å². The molecule has 142 valence electrons. The highest BCUT2D eigenvalue weighted by Gasteiger charge is 2.21. The lowest BCUT2D eigenvalue weighted by atomic mass is 10.1. The van der Waals surface area contributed by atoms with Crippen LogP contribution in [0.15, 0.2) is 59.1 Å². The van der Waals surface area contributed by atoms with E-state index in [-0.39, 0.29) is 11.7 Å². The molecule has 2 aromatic heterocycles. The molecule has 0 fully saturated rings. The van der Waals surface area contributed by atoms with E-state index in [0.717, 1.165) is 27.8 Å². The van der Waals surface area contributed by atoms with Crippen LogP contribution in [0.3, 0.4) is 0 Å². The number of rotatable bonds is 6. The molecule has 0 bridgehead atoms. The molecule has 0 saturated heterocycles. The van der Waals surface area contributed by atoms with Gasteiger partial charge >= 0.3 is 0 Å². The highest BCUT2D eigenvalue weighted by atomic mass is 35.5. The Kier molecular flexibility index (Phi) is 5.43. The standard InChI is InChI=1S/C21H17ClN2O3S/c1-26-12-17-16-4-2-3-5-18(16)27-19(17)20(25)24-21-23-11-15(28-21)10-13-6-8-14(22)9-7-13/h2-9,11H,10,12H2,1H3,(H,23,24,25). The summed E-state index contributed by atoms with van der Waals surface area (Å²) in [6.45, 7) is 0.291. The number of amides is 1. The number of furan rings is 1. The highest BCUT2D eigenvalue weighted by molar-refractivity contribution is 7.15. The second-order valence-electron chi connectivity index (χ2n) is 6.23. The third-order valence-electron chi connectivity index (χ3n) is 4.26. The van der Waals surface area contributed by atoms with Gasteiger partial charge in [0.15, 0.2) is 10.9 Å². The number of fused-ring (bicyclic) bond motifs is 1. The summed E-state index contributed by atoms with van der Waals surface area (Å²) < 4.78 is 11.0. The van der Waals surface area contributed by atoms with Gasteiger partial charge in [-0.2, -0.15) is 0 Å². The molecule has 0 spiro atoms. The number of carbonyl (C=O) groups is 1. The van der Waals surface area contributed by atoms with Crippen molar-refractivity contribution in [2.24, 2.45) is 0 Å². The quantitative estimate of drug-likeness (QED) is 0.452. The number of anilines is 1. The first kappa shape index (κ1) is 18.7. The normalized spacial score (nSPS) is 11.1. The van der Waals surface area contributed by atoms with Gasteiger partial charge in [-0.25, -0.2) is 4.98 Å². The zero-order valence-corrected chi connectivity index (χ0v) is 16.6. The predicted molar refractivity (Wildman–Crippen MR) is 111 cm³/mol. The molecule has 0 aliphatic heterocycles. The van der Waals surface area contributed by atoms with Gasteiger partial charge in [0.25, 0.3) is 5.91 Å². The maximum Gasteiger partial charge on any atom is 0.293 e. The van der Waals surface area contributed by atoms with Gasteiger partial charge in [-0.3, -0.25) is 10.1 Å². The zero-order chi connectivity index (χ0) is 19.5. The Morgan fingerprint density at radius 3 is 2.79 bits per heavy atom. The van der Waals surface area contributed by atoms with E-state index in [9.17, 15) is 4.79 Å². The molecule has 1 N–H and O–H groups in total. The number of carbonyl (C=O) groups excluding carboxylic acids is 1. The van der Waals surface area contributed by atoms with Gasteiger partial charge in [0.05, 0.1) is 6.61 Å². The maximum absolute atomic E-state index is 12.8. The largest absolute Gasteiger partial charge is 0.451 e. The number of halogens is 1. The topological polar surface area (TPSA) is 64.4 Å². The Balaban J connectivity index is 1.53. The van der Waals surface area contributed by atoms with Crippen molar-refractivity contribution in [1.29, 1.82) is 0 Å². The number of nitrogens with one attached hydrogen (secondary N) is 1. The highest BCUT2D eigenvalue weighted by Crippen LogP contribution is 2.28. The van der Waals surface area contributed by atoms with Crippen molar-refractivity contribution in [2.75, 3.05) is 12.4 Å². The zero-order valence-electron chi connectivity index (χ0n) is 15.1. The lowest BCUT2D eigenvalue weighted by molar-refractivity contribution is 0.0992. The molecule has 0 unspecified atom stereocenters. The van der Waals surface area contributed by atoms with Crippen LogP contribution in [0.4, 0.5) is 5.13 Å².